The van der Waals surface area contributed by atoms with Gasteiger partial charge in [0.15, 0.2) is 0 Å². The molecule has 17 heavy (non-hydrogen) atoms. The molecule has 3 nitrogen and oxygen atoms in total. The first-order chi connectivity index (χ1) is 8.16. The number of nitrogens with two attached hydrogens (primary N) is 1. The van der Waals surface area contributed by atoms with Gasteiger partial charge in [-0.05, 0) is 24.3 Å². The Hall–Kier alpha value is -1.26. The second-order valence-electron chi connectivity index (χ2n) is 3.41. The van der Waals surface area contributed by atoms with E-state index in [2.05, 4.69) is 20.9 Å². The van der Waals surface area contributed by atoms with Crippen molar-refractivity contribution in [3.63, 3.8) is 0 Å². The van der Waals surface area contributed by atoms with Crippen molar-refractivity contribution in [2.45, 2.75) is 6.61 Å². The Morgan fingerprint density at radius 2 is 2.18 bits per heavy atom. The topological polar surface area (TPSA) is 48.1 Å². The van der Waals surface area contributed by atoms with E-state index in [4.69, 9.17) is 22.1 Å². The number of ether oxygens (including phenoxy) is 1. The van der Waals surface area contributed by atoms with Crippen LogP contribution in [-0.2, 0) is 6.61 Å². The van der Waals surface area contributed by atoms with Gasteiger partial charge < -0.3 is 10.5 Å². The third-order valence-electron chi connectivity index (χ3n) is 2.20. The first-order valence-electron chi connectivity index (χ1n) is 4.94. The maximum Gasteiger partial charge on any atom is 0.138 e. The Morgan fingerprint density at radius 1 is 1.35 bits per heavy atom. The zero-order chi connectivity index (χ0) is 12.3. The third kappa shape index (κ3) is 3.11. The van der Waals surface area contributed by atoms with Crippen molar-refractivity contribution in [1.29, 1.82) is 0 Å². The van der Waals surface area contributed by atoms with E-state index in [9.17, 15) is 0 Å². The summed E-state index contributed by atoms with van der Waals surface area (Å²) < 4.78 is 6.50. The number of hydrogen-bond acceptors (Lipinski definition) is 3. The summed E-state index contributed by atoms with van der Waals surface area (Å²) >= 11 is 9.37. The van der Waals surface area contributed by atoms with Crippen molar-refractivity contribution in [3.8, 4) is 5.75 Å². The first kappa shape index (κ1) is 12.2. The molecule has 2 rings (SSSR count). The standard InChI is InChI=1S/C12H10BrClN2O/c13-9-3-4-11(10(14)6-9)17-7-8-2-1-5-16-12(8)15/h1-6H,7H2,(H2,15,16). The average molecular weight is 314 g/mol. The van der Waals surface area contributed by atoms with Gasteiger partial charge in [-0.2, -0.15) is 0 Å². The molecule has 1 aromatic heterocycles. The molecular formula is C12H10BrClN2O. The van der Waals surface area contributed by atoms with Crippen molar-refractivity contribution in [1.82, 2.24) is 4.98 Å². The summed E-state index contributed by atoms with van der Waals surface area (Å²) in [5.74, 6) is 1.10. The molecular weight excluding hydrogens is 304 g/mol. The van der Waals surface area contributed by atoms with Gasteiger partial charge in [0.05, 0.1) is 5.02 Å². The van der Waals surface area contributed by atoms with Gasteiger partial charge in [0.2, 0.25) is 0 Å². The van der Waals surface area contributed by atoms with Crippen molar-refractivity contribution in [2.24, 2.45) is 0 Å². The number of aromatic nitrogens is 1. The zero-order valence-corrected chi connectivity index (χ0v) is 11.2. The molecule has 88 valence electrons. The van der Waals surface area contributed by atoms with Gasteiger partial charge in [0, 0.05) is 16.2 Å². The molecule has 2 N–H and O–H groups in total. The molecule has 0 aliphatic carbocycles. The van der Waals surface area contributed by atoms with E-state index >= 15 is 0 Å². The van der Waals surface area contributed by atoms with Crippen LogP contribution in [-0.4, -0.2) is 4.98 Å². The Kier molecular flexibility index (Phi) is 3.86. The largest absolute Gasteiger partial charge is 0.487 e. The van der Waals surface area contributed by atoms with Gasteiger partial charge in [-0.25, -0.2) is 4.98 Å². The summed E-state index contributed by atoms with van der Waals surface area (Å²) in [7, 11) is 0. The fourth-order valence-corrected chi connectivity index (χ4v) is 2.05. The molecule has 0 saturated carbocycles. The van der Waals surface area contributed by atoms with Crippen LogP contribution < -0.4 is 10.5 Å². The van der Waals surface area contributed by atoms with E-state index in [1.807, 2.05) is 18.2 Å². The maximum atomic E-state index is 6.03. The third-order valence-corrected chi connectivity index (χ3v) is 2.99. The van der Waals surface area contributed by atoms with Crippen molar-refractivity contribution < 1.29 is 4.74 Å². The monoisotopic (exact) mass is 312 g/mol. The van der Waals surface area contributed by atoms with Crippen LogP contribution in [0.4, 0.5) is 5.82 Å². The minimum atomic E-state index is 0.348. The number of pyridine rings is 1. The summed E-state index contributed by atoms with van der Waals surface area (Å²) in [6.07, 6.45) is 1.64. The molecule has 0 bridgehead atoms. The number of nitrogens with zero attached hydrogens (tertiary/aromatic N) is 1. The van der Waals surface area contributed by atoms with Gasteiger partial charge in [-0.1, -0.05) is 33.6 Å². The predicted molar refractivity (Wildman–Crippen MR) is 72.1 cm³/mol. The minimum Gasteiger partial charge on any atom is -0.487 e. The molecule has 0 radical (unpaired) electrons. The molecule has 0 fully saturated rings. The summed E-state index contributed by atoms with van der Waals surface area (Å²) in [6.45, 7) is 0.348. The lowest BCUT2D eigenvalue weighted by atomic mass is 10.3. The molecule has 0 aliphatic rings. The van der Waals surface area contributed by atoms with Crippen molar-refractivity contribution in [2.75, 3.05) is 5.73 Å². The van der Waals surface area contributed by atoms with Crippen LogP contribution in [0, 0.1) is 0 Å². The number of hydrogen-bond donors (Lipinski definition) is 1. The summed E-state index contributed by atoms with van der Waals surface area (Å²) in [5, 5.41) is 0.557. The van der Waals surface area contributed by atoms with Crippen molar-refractivity contribution in [3.05, 3.63) is 51.6 Å². The summed E-state index contributed by atoms with van der Waals surface area (Å²) in [5.41, 5.74) is 6.55. The highest BCUT2D eigenvalue weighted by atomic mass is 79.9. The molecule has 1 aromatic carbocycles. The van der Waals surface area contributed by atoms with Crippen LogP contribution in [0.2, 0.25) is 5.02 Å². The van der Waals surface area contributed by atoms with Gasteiger partial charge in [0.25, 0.3) is 0 Å². The van der Waals surface area contributed by atoms with Crippen LogP contribution in [0.5, 0.6) is 5.75 Å². The lowest BCUT2D eigenvalue weighted by Gasteiger charge is -2.09. The molecule has 0 aliphatic heterocycles. The van der Waals surface area contributed by atoms with E-state index in [1.54, 1.807) is 18.3 Å². The second kappa shape index (κ2) is 5.38. The van der Waals surface area contributed by atoms with Crippen LogP contribution >= 0.6 is 27.5 Å². The fraction of sp³-hybridized carbons (Fsp3) is 0.0833. The average Bonchev–Trinajstić information content (AvgIpc) is 2.30. The Balaban J connectivity index is 2.10. The van der Waals surface area contributed by atoms with Crippen LogP contribution in [0.25, 0.3) is 0 Å². The molecule has 0 amide bonds. The Morgan fingerprint density at radius 3 is 2.88 bits per heavy atom. The number of anilines is 1. The van der Waals surface area contributed by atoms with Crippen LogP contribution in [0.1, 0.15) is 5.56 Å². The van der Waals surface area contributed by atoms with E-state index in [-0.39, 0.29) is 0 Å². The molecule has 1 heterocycles. The lowest BCUT2D eigenvalue weighted by Crippen LogP contribution is -2.01. The van der Waals surface area contributed by atoms with E-state index < -0.39 is 0 Å². The molecule has 0 spiro atoms. The number of nitrogen functional groups attached to an aromatic ring is 1. The summed E-state index contributed by atoms with van der Waals surface area (Å²) in [6, 6.07) is 9.14. The lowest BCUT2D eigenvalue weighted by molar-refractivity contribution is 0.306. The molecule has 0 saturated heterocycles. The molecule has 5 heteroatoms. The maximum absolute atomic E-state index is 6.03. The minimum absolute atomic E-state index is 0.348. The Bertz CT molecular complexity index is 534. The Labute approximate surface area is 113 Å². The normalized spacial score (nSPS) is 10.2. The molecule has 0 atom stereocenters. The zero-order valence-electron chi connectivity index (χ0n) is 8.86. The molecule has 2 aromatic rings. The highest BCUT2D eigenvalue weighted by Gasteiger charge is 2.04. The predicted octanol–water partition coefficient (Wildman–Crippen LogP) is 3.66. The first-order valence-corrected chi connectivity index (χ1v) is 6.11. The highest BCUT2D eigenvalue weighted by Crippen LogP contribution is 2.28. The van der Waals surface area contributed by atoms with Crippen molar-refractivity contribution >= 4 is 33.3 Å². The van der Waals surface area contributed by atoms with E-state index in [1.165, 1.54) is 0 Å². The van der Waals surface area contributed by atoms with Gasteiger partial charge in [-0.3, -0.25) is 0 Å². The van der Waals surface area contributed by atoms with Gasteiger partial charge in [0.1, 0.15) is 18.2 Å². The number of rotatable bonds is 3. The quantitative estimate of drug-likeness (QED) is 0.940. The molecule has 0 unspecified atom stereocenters. The fourth-order valence-electron chi connectivity index (χ4n) is 1.32. The number of benzene rings is 1. The van der Waals surface area contributed by atoms with Crippen LogP contribution in [0.15, 0.2) is 41.0 Å². The summed E-state index contributed by atoms with van der Waals surface area (Å²) in [4.78, 5) is 3.99. The van der Waals surface area contributed by atoms with Gasteiger partial charge in [-0.15, -0.1) is 0 Å². The van der Waals surface area contributed by atoms with Crippen LogP contribution in [0.3, 0.4) is 0 Å². The van der Waals surface area contributed by atoms with E-state index in [0.29, 0.717) is 23.2 Å². The van der Waals surface area contributed by atoms with E-state index in [0.717, 1.165) is 10.0 Å². The van der Waals surface area contributed by atoms with Gasteiger partial charge >= 0.3 is 0 Å². The SMILES string of the molecule is Nc1ncccc1COc1ccc(Br)cc1Cl. The number of halogens is 2. The second-order valence-corrected chi connectivity index (χ2v) is 4.73. The highest BCUT2D eigenvalue weighted by molar-refractivity contribution is 9.10. The smallest absolute Gasteiger partial charge is 0.138 e.